The predicted molar refractivity (Wildman–Crippen MR) is 282 cm³/mol. The first kappa shape index (κ1) is 62.6. The van der Waals surface area contributed by atoms with E-state index in [-0.39, 0.29) is 18.9 Å². The summed E-state index contributed by atoms with van der Waals surface area (Å²) in [5.41, 5.74) is 0. The summed E-state index contributed by atoms with van der Waals surface area (Å²) in [6.45, 7) is 4.24. The van der Waals surface area contributed by atoms with E-state index in [0.717, 1.165) is 32.1 Å². The zero-order valence-corrected chi connectivity index (χ0v) is 43.2. The van der Waals surface area contributed by atoms with Crippen LogP contribution in [0, 0.1) is 0 Å². The topological polar surface area (TPSA) is 89.8 Å². The number of carbonyl (C=O) groups is 1. The van der Waals surface area contributed by atoms with E-state index in [1.807, 2.05) is 6.08 Å². The standard InChI is InChI=1S/C59H113NO4/c1-3-5-7-9-11-13-15-17-19-21-22-23-24-25-26-27-28-29-30-31-32-33-34-35-36-37-38-40-42-44-46-48-50-52-56(62)54-59(64)60-57(55-61)58(63)53-51-49-47-45-43-41-39-20-18-16-14-12-10-8-6-4-2/h24-25,27-28,51,53,56-58,61-63H,3-23,26,29-50,52,54-55H2,1-2H3,(H,60,64)/b25-24-,28-27-,53-51+. The fourth-order valence-corrected chi connectivity index (χ4v) is 9.02. The maximum Gasteiger partial charge on any atom is 0.222 e. The molecule has 3 unspecified atom stereocenters. The maximum atomic E-state index is 12.5. The van der Waals surface area contributed by atoms with Gasteiger partial charge in [0.1, 0.15) is 0 Å². The molecular formula is C59H113NO4. The molecule has 0 aromatic heterocycles. The van der Waals surface area contributed by atoms with E-state index in [9.17, 15) is 20.1 Å². The summed E-state index contributed by atoms with van der Waals surface area (Å²) in [5.74, 6) is -0.312. The maximum absolute atomic E-state index is 12.5. The molecule has 3 atom stereocenters. The zero-order valence-electron chi connectivity index (χ0n) is 43.2. The van der Waals surface area contributed by atoms with Crippen LogP contribution >= 0.6 is 0 Å². The van der Waals surface area contributed by atoms with Gasteiger partial charge >= 0.3 is 0 Å². The van der Waals surface area contributed by atoms with Crippen molar-refractivity contribution in [1.82, 2.24) is 5.32 Å². The first-order valence-electron chi connectivity index (χ1n) is 28.8. The molecule has 0 aliphatic carbocycles. The first-order valence-corrected chi connectivity index (χ1v) is 28.8. The molecule has 5 nitrogen and oxygen atoms in total. The molecule has 0 aliphatic rings. The Morgan fingerprint density at radius 3 is 1.03 bits per heavy atom. The Morgan fingerprint density at radius 1 is 0.406 bits per heavy atom. The molecule has 64 heavy (non-hydrogen) atoms. The molecule has 0 heterocycles. The molecular weight excluding hydrogens is 787 g/mol. The molecule has 378 valence electrons. The smallest absolute Gasteiger partial charge is 0.222 e. The molecule has 0 aromatic rings. The SMILES string of the molecule is CCCCCCCCCCCCC/C=C\C/C=C\CCCCCCCCCCCCCCCCCC(O)CC(=O)NC(CO)C(O)/C=C/CCCCCCCCCCCCCCCC. The van der Waals surface area contributed by atoms with Crippen molar-refractivity contribution in [3.05, 3.63) is 36.5 Å². The molecule has 0 rings (SSSR count). The van der Waals surface area contributed by atoms with Crippen molar-refractivity contribution in [2.24, 2.45) is 0 Å². The van der Waals surface area contributed by atoms with Crippen LogP contribution in [0.5, 0.6) is 0 Å². The largest absolute Gasteiger partial charge is 0.394 e. The summed E-state index contributed by atoms with van der Waals surface area (Å²) in [6.07, 6.45) is 70.6. The molecule has 1 amide bonds. The van der Waals surface area contributed by atoms with E-state index in [2.05, 4.69) is 43.5 Å². The van der Waals surface area contributed by atoms with Gasteiger partial charge in [-0.15, -0.1) is 0 Å². The third-order valence-corrected chi connectivity index (χ3v) is 13.4. The third kappa shape index (κ3) is 50.0. The van der Waals surface area contributed by atoms with E-state index >= 15 is 0 Å². The average molecular weight is 901 g/mol. The van der Waals surface area contributed by atoms with Crippen LogP contribution in [0.25, 0.3) is 0 Å². The summed E-state index contributed by atoms with van der Waals surface area (Å²) < 4.78 is 0. The van der Waals surface area contributed by atoms with Gasteiger partial charge in [-0.2, -0.15) is 0 Å². The Balaban J connectivity index is 3.52. The van der Waals surface area contributed by atoms with Gasteiger partial charge in [0.2, 0.25) is 5.91 Å². The van der Waals surface area contributed by atoms with Crippen molar-refractivity contribution in [3.8, 4) is 0 Å². The molecule has 0 saturated carbocycles. The molecule has 0 aromatic carbocycles. The van der Waals surface area contributed by atoms with E-state index < -0.39 is 18.2 Å². The molecule has 0 spiro atoms. The van der Waals surface area contributed by atoms with Crippen LogP contribution in [0.15, 0.2) is 36.5 Å². The molecule has 0 radical (unpaired) electrons. The van der Waals surface area contributed by atoms with Gasteiger partial charge in [0, 0.05) is 0 Å². The van der Waals surface area contributed by atoms with Crippen molar-refractivity contribution in [2.75, 3.05) is 6.61 Å². The van der Waals surface area contributed by atoms with Gasteiger partial charge in [-0.05, 0) is 51.4 Å². The van der Waals surface area contributed by atoms with Crippen molar-refractivity contribution in [2.45, 2.75) is 327 Å². The monoisotopic (exact) mass is 900 g/mol. The Morgan fingerprint density at radius 2 is 0.703 bits per heavy atom. The minimum atomic E-state index is -0.928. The highest BCUT2D eigenvalue weighted by Crippen LogP contribution is 2.17. The van der Waals surface area contributed by atoms with Crippen LogP contribution in [0.2, 0.25) is 0 Å². The van der Waals surface area contributed by atoms with Crippen LogP contribution in [-0.2, 0) is 4.79 Å². The number of aliphatic hydroxyl groups is 3. The molecule has 0 fully saturated rings. The summed E-state index contributed by atoms with van der Waals surface area (Å²) in [5, 5.41) is 33.4. The number of hydrogen-bond donors (Lipinski definition) is 4. The lowest BCUT2D eigenvalue weighted by atomic mass is 10.0. The summed E-state index contributed by atoms with van der Waals surface area (Å²) in [6, 6.07) is -0.744. The number of carbonyl (C=O) groups excluding carboxylic acids is 1. The van der Waals surface area contributed by atoms with Gasteiger partial charge in [0.25, 0.3) is 0 Å². The van der Waals surface area contributed by atoms with Crippen molar-refractivity contribution in [1.29, 1.82) is 0 Å². The number of hydrogen-bond acceptors (Lipinski definition) is 4. The number of rotatable bonds is 53. The van der Waals surface area contributed by atoms with Crippen LogP contribution in [0.4, 0.5) is 0 Å². The number of amides is 1. The highest BCUT2D eigenvalue weighted by atomic mass is 16.3. The summed E-state index contributed by atoms with van der Waals surface area (Å²) >= 11 is 0. The first-order chi connectivity index (χ1) is 31.5. The zero-order chi connectivity index (χ0) is 46.5. The second-order valence-corrected chi connectivity index (χ2v) is 19.9. The minimum absolute atomic E-state index is 0.0153. The van der Waals surface area contributed by atoms with Gasteiger partial charge in [0.05, 0.1) is 31.3 Å². The van der Waals surface area contributed by atoms with E-state index in [0.29, 0.717) is 6.42 Å². The van der Waals surface area contributed by atoms with Gasteiger partial charge < -0.3 is 20.6 Å². The Bertz CT molecular complexity index is 993. The second kappa shape index (κ2) is 54.2. The number of aliphatic hydroxyl groups excluding tert-OH is 3. The van der Waals surface area contributed by atoms with E-state index in [4.69, 9.17) is 0 Å². The summed E-state index contributed by atoms with van der Waals surface area (Å²) in [7, 11) is 0. The third-order valence-electron chi connectivity index (χ3n) is 13.4. The van der Waals surface area contributed by atoms with Crippen LogP contribution in [0.1, 0.15) is 309 Å². The van der Waals surface area contributed by atoms with E-state index in [1.165, 1.54) is 250 Å². The summed E-state index contributed by atoms with van der Waals surface area (Å²) in [4.78, 5) is 12.5. The highest BCUT2D eigenvalue weighted by Gasteiger charge is 2.20. The number of unbranched alkanes of at least 4 members (excludes halogenated alkanes) is 40. The lowest BCUT2D eigenvalue weighted by Gasteiger charge is -2.21. The molecule has 5 heteroatoms. The van der Waals surface area contributed by atoms with E-state index in [1.54, 1.807) is 6.08 Å². The fourth-order valence-electron chi connectivity index (χ4n) is 9.02. The molecule has 0 saturated heterocycles. The van der Waals surface area contributed by atoms with Crippen LogP contribution in [-0.4, -0.2) is 46.1 Å². The predicted octanol–water partition coefficient (Wildman–Crippen LogP) is 17.8. The van der Waals surface area contributed by atoms with Crippen LogP contribution in [0.3, 0.4) is 0 Å². The number of nitrogens with one attached hydrogen (secondary N) is 1. The van der Waals surface area contributed by atoms with Crippen molar-refractivity contribution >= 4 is 5.91 Å². The quantitative estimate of drug-likeness (QED) is 0.0362. The van der Waals surface area contributed by atoms with Gasteiger partial charge in [-0.3, -0.25) is 4.79 Å². The lowest BCUT2D eigenvalue weighted by molar-refractivity contribution is -0.124. The highest BCUT2D eigenvalue weighted by molar-refractivity contribution is 5.76. The molecule has 0 bridgehead atoms. The number of allylic oxidation sites excluding steroid dienone is 5. The normalized spacial score (nSPS) is 13.5. The van der Waals surface area contributed by atoms with Crippen molar-refractivity contribution in [3.63, 3.8) is 0 Å². The van der Waals surface area contributed by atoms with Gasteiger partial charge in [-0.1, -0.05) is 288 Å². The van der Waals surface area contributed by atoms with Crippen molar-refractivity contribution < 1.29 is 20.1 Å². The average Bonchev–Trinajstić information content (AvgIpc) is 3.29. The Hall–Kier alpha value is -1.43. The minimum Gasteiger partial charge on any atom is -0.394 e. The Labute approximate surface area is 400 Å². The fraction of sp³-hybridized carbons (Fsp3) is 0.881. The van der Waals surface area contributed by atoms with Crippen LogP contribution < -0.4 is 5.32 Å². The molecule has 4 N–H and O–H groups in total. The second-order valence-electron chi connectivity index (χ2n) is 19.9. The molecule has 0 aliphatic heterocycles. The lowest BCUT2D eigenvalue weighted by Crippen LogP contribution is -2.45. The van der Waals surface area contributed by atoms with Gasteiger partial charge in [0.15, 0.2) is 0 Å². The Kier molecular flexibility index (Phi) is 53.0. The van der Waals surface area contributed by atoms with Gasteiger partial charge in [-0.25, -0.2) is 0 Å².